The van der Waals surface area contributed by atoms with Crippen LogP contribution in [0.1, 0.15) is 31.4 Å². The summed E-state index contributed by atoms with van der Waals surface area (Å²) in [6.07, 6.45) is 0.710. The molecule has 0 aliphatic heterocycles. The van der Waals surface area contributed by atoms with Gasteiger partial charge in [-0.15, -0.1) is 0 Å². The van der Waals surface area contributed by atoms with Crippen LogP contribution >= 0.6 is 0 Å². The van der Waals surface area contributed by atoms with Gasteiger partial charge in [0.2, 0.25) is 11.8 Å². The first-order valence-electron chi connectivity index (χ1n) is 9.92. The van der Waals surface area contributed by atoms with Crippen molar-refractivity contribution >= 4 is 11.8 Å². The van der Waals surface area contributed by atoms with Gasteiger partial charge in [0.15, 0.2) is 11.5 Å². The molecule has 2 aromatic rings. The van der Waals surface area contributed by atoms with E-state index in [1.54, 1.807) is 39.3 Å². The third-order valence-electron chi connectivity index (χ3n) is 4.86. The van der Waals surface area contributed by atoms with Gasteiger partial charge in [-0.3, -0.25) is 9.59 Å². The second kappa shape index (κ2) is 11.2. The number of hydrogen-bond acceptors (Lipinski definition) is 4. The van der Waals surface area contributed by atoms with Gasteiger partial charge >= 0.3 is 0 Å². The van der Waals surface area contributed by atoms with E-state index in [0.29, 0.717) is 24.5 Å². The van der Waals surface area contributed by atoms with Crippen LogP contribution in [0, 0.1) is 5.82 Å². The third-order valence-corrected chi connectivity index (χ3v) is 4.86. The van der Waals surface area contributed by atoms with Crippen LogP contribution in [0.2, 0.25) is 0 Å². The normalized spacial score (nSPS) is 11.5. The van der Waals surface area contributed by atoms with E-state index in [9.17, 15) is 14.0 Å². The number of nitrogens with one attached hydrogen (secondary N) is 1. The van der Waals surface area contributed by atoms with Crippen LogP contribution in [-0.2, 0) is 22.6 Å². The molecule has 30 heavy (non-hydrogen) atoms. The number of likely N-dealkylation sites (N-methyl/N-ethyl adjacent to an activating group) is 1. The summed E-state index contributed by atoms with van der Waals surface area (Å²) in [5.74, 6) is 0.491. The molecule has 0 aliphatic rings. The zero-order chi connectivity index (χ0) is 22.1. The predicted molar refractivity (Wildman–Crippen MR) is 113 cm³/mol. The van der Waals surface area contributed by atoms with Crippen LogP contribution in [0.3, 0.4) is 0 Å². The largest absolute Gasteiger partial charge is 0.493 e. The quantitative estimate of drug-likeness (QED) is 0.645. The van der Waals surface area contributed by atoms with Crippen molar-refractivity contribution in [1.29, 1.82) is 0 Å². The molecular formula is C23H29FN2O4. The van der Waals surface area contributed by atoms with E-state index in [1.165, 1.54) is 17.0 Å². The van der Waals surface area contributed by atoms with Gasteiger partial charge in [0.25, 0.3) is 0 Å². The number of halogens is 1. The minimum atomic E-state index is -0.645. The van der Waals surface area contributed by atoms with E-state index in [2.05, 4.69) is 5.32 Å². The number of rotatable bonds is 10. The molecule has 162 valence electrons. The number of amides is 2. The summed E-state index contributed by atoms with van der Waals surface area (Å²) in [5, 5.41) is 2.75. The van der Waals surface area contributed by atoms with Crippen LogP contribution in [0.25, 0.3) is 0 Å². The molecule has 1 atom stereocenters. The summed E-state index contributed by atoms with van der Waals surface area (Å²) in [4.78, 5) is 26.9. The molecule has 2 aromatic carbocycles. The first-order chi connectivity index (χ1) is 14.4. The molecule has 0 fully saturated rings. The first kappa shape index (κ1) is 23.2. The summed E-state index contributed by atoms with van der Waals surface area (Å²) in [6.45, 7) is 4.23. The Kier molecular flexibility index (Phi) is 8.65. The molecule has 0 bridgehead atoms. The summed E-state index contributed by atoms with van der Waals surface area (Å²) in [7, 11) is 3.13. The van der Waals surface area contributed by atoms with Gasteiger partial charge in [-0.1, -0.05) is 18.2 Å². The van der Waals surface area contributed by atoms with Gasteiger partial charge in [0.05, 0.1) is 14.2 Å². The Labute approximate surface area is 177 Å². The monoisotopic (exact) mass is 416 g/mol. The van der Waals surface area contributed by atoms with Crippen LogP contribution in [0.4, 0.5) is 4.39 Å². The number of benzene rings is 2. The van der Waals surface area contributed by atoms with Crippen molar-refractivity contribution in [3.63, 3.8) is 0 Å². The Morgan fingerprint density at radius 3 is 2.27 bits per heavy atom. The fraction of sp³-hybridized carbons (Fsp3) is 0.391. The molecule has 1 N–H and O–H groups in total. The molecule has 0 aromatic heterocycles. The summed E-state index contributed by atoms with van der Waals surface area (Å²) < 4.78 is 23.8. The van der Waals surface area contributed by atoms with Gasteiger partial charge in [-0.25, -0.2) is 4.39 Å². The highest BCUT2D eigenvalue weighted by molar-refractivity contribution is 5.87. The maximum Gasteiger partial charge on any atom is 0.242 e. The molecule has 0 saturated heterocycles. The molecule has 0 spiro atoms. The van der Waals surface area contributed by atoms with E-state index in [1.807, 2.05) is 19.1 Å². The van der Waals surface area contributed by atoms with Crippen LogP contribution in [-0.4, -0.2) is 43.5 Å². The van der Waals surface area contributed by atoms with Gasteiger partial charge in [-0.05, 0) is 55.7 Å². The maximum absolute atomic E-state index is 13.2. The van der Waals surface area contributed by atoms with Gasteiger partial charge in [0, 0.05) is 19.5 Å². The lowest BCUT2D eigenvalue weighted by Crippen LogP contribution is -2.47. The number of aryl methyl sites for hydroxylation is 1. The molecule has 7 heteroatoms. The molecule has 0 saturated carbocycles. The second-order valence-electron chi connectivity index (χ2n) is 6.91. The lowest BCUT2D eigenvalue weighted by molar-refractivity contribution is -0.140. The zero-order valence-corrected chi connectivity index (χ0v) is 17.9. The standard InChI is InChI=1S/C23H29FN2O4/c1-5-25-23(28)16(2)26(15-18-6-10-19(24)11-7-18)22(27)13-9-17-8-12-20(29-3)21(14-17)30-4/h6-8,10-12,14,16H,5,9,13,15H2,1-4H3,(H,25,28)/t16-/m1/s1. The molecule has 2 rings (SSSR count). The smallest absolute Gasteiger partial charge is 0.242 e. The molecular weight excluding hydrogens is 387 g/mol. The highest BCUT2D eigenvalue weighted by atomic mass is 19.1. The minimum Gasteiger partial charge on any atom is -0.493 e. The average molecular weight is 416 g/mol. The van der Waals surface area contributed by atoms with Crippen LogP contribution in [0.5, 0.6) is 11.5 Å². The highest BCUT2D eigenvalue weighted by Gasteiger charge is 2.25. The van der Waals surface area contributed by atoms with Crippen molar-refractivity contribution in [1.82, 2.24) is 10.2 Å². The number of carbonyl (C=O) groups is 2. The number of ether oxygens (including phenoxy) is 2. The van der Waals surface area contributed by atoms with E-state index >= 15 is 0 Å². The van der Waals surface area contributed by atoms with Crippen LogP contribution < -0.4 is 14.8 Å². The summed E-state index contributed by atoms with van der Waals surface area (Å²) >= 11 is 0. The zero-order valence-electron chi connectivity index (χ0n) is 17.9. The van der Waals surface area contributed by atoms with Crippen molar-refractivity contribution in [2.24, 2.45) is 0 Å². The van der Waals surface area contributed by atoms with E-state index in [0.717, 1.165) is 11.1 Å². The lowest BCUT2D eigenvalue weighted by atomic mass is 10.1. The van der Waals surface area contributed by atoms with Crippen molar-refractivity contribution in [2.75, 3.05) is 20.8 Å². The van der Waals surface area contributed by atoms with Crippen molar-refractivity contribution in [3.05, 3.63) is 59.4 Å². The molecule has 2 amide bonds. The number of nitrogens with zero attached hydrogens (tertiary/aromatic N) is 1. The van der Waals surface area contributed by atoms with Crippen molar-refractivity contribution < 1.29 is 23.5 Å². The van der Waals surface area contributed by atoms with E-state index in [-0.39, 0.29) is 30.6 Å². The molecule has 0 heterocycles. The van der Waals surface area contributed by atoms with Gasteiger partial charge in [0.1, 0.15) is 11.9 Å². The third kappa shape index (κ3) is 6.20. The maximum atomic E-state index is 13.2. The fourth-order valence-corrected chi connectivity index (χ4v) is 3.12. The fourth-order valence-electron chi connectivity index (χ4n) is 3.12. The molecule has 6 nitrogen and oxygen atoms in total. The van der Waals surface area contributed by atoms with Gasteiger partial charge < -0.3 is 19.7 Å². The number of methoxy groups -OCH3 is 2. The number of hydrogen-bond donors (Lipinski definition) is 1. The highest BCUT2D eigenvalue weighted by Crippen LogP contribution is 2.28. The summed E-state index contributed by atoms with van der Waals surface area (Å²) in [6, 6.07) is 10.8. The van der Waals surface area contributed by atoms with Crippen molar-refractivity contribution in [3.8, 4) is 11.5 Å². The van der Waals surface area contributed by atoms with Gasteiger partial charge in [-0.2, -0.15) is 0 Å². The van der Waals surface area contributed by atoms with E-state index < -0.39 is 6.04 Å². The van der Waals surface area contributed by atoms with Crippen LogP contribution in [0.15, 0.2) is 42.5 Å². The SMILES string of the molecule is CCNC(=O)[C@@H](C)N(Cc1ccc(F)cc1)C(=O)CCc1ccc(OC)c(OC)c1. The predicted octanol–water partition coefficient (Wildman–Crippen LogP) is 3.33. The summed E-state index contributed by atoms with van der Waals surface area (Å²) in [5.41, 5.74) is 1.68. The molecule has 0 radical (unpaired) electrons. The minimum absolute atomic E-state index is 0.159. The second-order valence-corrected chi connectivity index (χ2v) is 6.91. The molecule has 0 aliphatic carbocycles. The average Bonchev–Trinajstić information content (AvgIpc) is 2.76. The Hall–Kier alpha value is -3.09. The Bertz CT molecular complexity index is 855. The Morgan fingerprint density at radius 1 is 1.03 bits per heavy atom. The van der Waals surface area contributed by atoms with E-state index in [4.69, 9.17) is 9.47 Å². The number of carbonyl (C=O) groups excluding carboxylic acids is 2. The Morgan fingerprint density at radius 2 is 1.67 bits per heavy atom. The molecule has 0 unspecified atom stereocenters. The first-order valence-corrected chi connectivity index (χ1v) is 9.92. The topological polar surface area (TPSA) is 67.9 Å². The Balaban J connectivity index is 2.15. The van der Waals surface area contributed by atoms with Crippen molar-refractivity contribution in [2.45, 2.75) is 39.3 Å². The lowest BCUT2D eigenvalue weighted by Gasteiger charge is -2.29.